The molecule has 0 aliphatic rings. The summed E-state index contributed by atoms with van der Waals surface area (Å²) in [4.78, 5) is 24.6. The zero-order valence-corrected chi connectivity index (χ0v) is 16.8. The van der Waals surface area contributed by atoms with Crippen LogP contribution in [0.4, 0.5) is 5.69 Å². The third kappa shape index (κ3) is 4.67. The highest BCUT2D eigenvalue weighted by atomic mass is 32.2. The Hall–Kier alpha value is -2.93. The van der Waals surface area contributed by atoms with Crippen LogP contribution < -0.4 is 5.32 Å². The van der Waals surface area contributed by atoms with Crippen LogP contribution in [0.5, 0.6) is 0 Å². The van der Waals surface area contributed by atoms with Crippen LogP contribution in [0.25, 0.3) is 5.69 Å². The fourth-order valence-electron chi connectivity index (χ4n) is 2.52. The van der Waals surface area contributed by atoms with Crippen molar-refractivity contribution in [2.75, 3.05) is 5.32 Å². The fourth-order valence-corrected chi connectivity index (χ4v) is 3.44. The van der Waals surface area contributed by atoms with Crippen molar-refractivity contribution in [1.82, 2.24) is 14.8 Å². The maximum atomic E-state index is 12.8. The Bertz CT molecular complexity index is 952. The number of amides is 1. The molecule has 0 aliphatic carbocycles. The molecule has 1 atom stereocenters. The predicted molar refractivity (Wildman–Crippen MR) is 111 cm³/mol. The summed E-state index contributed by atoms with van der Waals surface area (Å²) >= 11 is 1.36. The summed E-state index contributed by atoms with van der Waals surface area (Å²) < 4.78 is 1.86. The monoisotopic (exact) mass is 394 g/mol. The number of hydrogen-bond donors (Lipinski definition) is 1. The maximum Gasteiger partial charge on any atom is 0.226 e. The van der Waals surface area contributed by atoms with Gasteiger partial charge in [0.1, 0.15) is 6.33 Å². The van der Waals surface area contributed by atoms with Crippen molar-refractivity contribution >= 4 is 29.1 Å². The molecule has 1 N–H and O–H groups in total. The first-order valence-corrected chi connectivity index (χ1v) is 9.91. The van der Waals surface area contributed by atoms with Crippen LogP contribution in [-0.4, -0.2) is 31.7 Å². The van der Waals surface area contributed by atoms with Crippen molar-refractivity contribution in [3.8, 4) is 5.69 Å². The minimum atomic E-state index is -0.331. The van der Waals surface area contributed by atoms with Gasteiger partial charge in [0, 0.05) is 22.9 Å². The smallest absolute Gasteiger partial charge is 0.226 e. The third-order valence-corrected chi connectivity index (χ3v) is 5.22. The Morgan fingerprint density at radius 2 is 1.68 bits per heavy atom. The number of anilines is 1. The largest absolute Gasteiger partial charge is 0.326 e. The van der Waals surface area contributed by atoms with Gasteiger partial charge in [0.05, 0.1) is 5.25 Å². The molecule has 1 heterocycles. The van der Waals surface area contributed by atoms with E-state index in [0.717, 1.165) is 5.69 Å². The average Bonchev–Trinajstić information content (AvgIpc) is 3.16. The Kier molecular flexibility index (Phi) is 6.26. The number of carbonyl (C=O) groups excluding carboxylic acids is 2. The minimum Gasteiger partial charge on any atom is -0.326 e. The van der Waals surface area contributed by atoms with E-state index < -0.39 is 0 Å². The van der Waals surface area contributed by atoms with Crippen molar-refractivity contribution in [3.05, 3.63) is 66.5 Å². The Labute approximate surface area is 168 Å². The van der Waals surface area contributed by atoms with Crippen molar-refractivity contribution < 1.29 is 9.59 Å². The molecule has 0 saturated carbocycles. The minimum absolute atomic E-state index is 0.00523. The van der Waals surface area contributed by atoms with Crippen LogP contribution in [0.3, 0.4) is 0 Å². The molecule has 2 aromatic carbocycles. The molecule has 0 unspecified atom stereocenters. The van der Waals surface area contributed by atoms with Crippen LogP contribution >= 0.6 is 11.8 Å². The number of para-hydroxylation sites is 1. The van der Waals surface area contributed by atoms with Crippen LogP contribution in [0, 0.1) is 5.92 Å². The van der Waals surface area contributed by atoms with Gasteiger partial charge in [-0.2, -0.15) is 0 Å². The van der Waals surface area contributed by atoms with Crippen molar-refractivity contribution in [2.24, 2.45) is 5.92 Å². The Morgan fingerprint density at radius 1 is 1.00 bits per heavy atom. The Balaban J connectivity index is 1.69. The Morgan fingerprint density at radius 3 is 2.32 bits per heavy atom. The number of nitrogens with one attached hydrogen (secondary N) is 1. The van der Waals surface area contributed by atoms with Gasteiger partial charge in [-0.15, -0.1) is 10.2 Å². The van der Waals surface area contributed by atoms with Gasteiger partial charge in [-0.05, 0) is 43.3 Å². The SMILES string of the molecule is CC(C)C(=O)Nc1ccc(C(=O)[C@@H](C)Sc2nncn2-c2ccccc2)cc1. The summed E-state index contributed by atoms with van der Waals surface area (Å²) in [5.41, 5.74) is 2.22. The van der Waals surface area contributed by atoms with Crippen molar-refractivity contribution in [3.63, 3.8) is 0 Å². The lowest BCUT2D eigenvalue weighted by molar-refractivity contribution is -0.118. The van der Waals surface area contributed by atoms with Gasteiger partial charge in [-0.3, -0.25) is 14.2 Å². The maximum absolute atomic E-state index is 12.8. The molecule has 7 heteroatoms. The zero-order chi connectivity index (χ0) is 20.1. The highest BCUT2D eigenvalue weighted by Gasteiger charge is 2.20. The normalized spacial score (nSPS) is 12.0. The second kappa shape index (κ2) is 8.84. The molecule has 1 amide bonds. The van der Waals surface area contributed by atoms with E-state index in [2.05, 4.69) is 15.5 Å². The first kappa shape index (κ1) is 19.8. The van der Waals surface area contributed by atoms with Crippen LogP contribution in [0.15, 0.2) is 66.1 Å². The number of thioether (sulfide) groups is 1. The number of rotatable bonds is 7. The molecule has 0 saturated heterocycles. The van der Waals surface area contributed by atoms with E-state index in [0.29, 0.717) is 16.4 Å². The van der Waals surface area contributed by atoms with Crippen LogP contribution in [-0.2, 0) is 4.79 Å². The van der Waals surface area contributed by atoms with E-state index in [1.54, 1.807) is 30.6 Å². The van der Waals surface area contributed by atoms with E-state index in [4.69, 9.17) is 0 Å². The number of Topliss-reactive ketones (excluding diaryl/α,β-unsaturated/α-hetero) is 1. The number of hydrogen-bond acceptors (Lipinski definition) is 5. The highest BCUT2D eigenvalue weighted by molar-refractivity contribution is 8.00. The second-order valence-corrected chi connectivity index (χ2v) is 7.97. The van der Waals surface area contributed by atoms with E-state index in [1.807, 2.05) is 55.7 Å². The lowest BCUT2D eigenvalue weighted by Crippen LogP contribution is -2.18. The lowest BCUT2D eigenvalue weighted by atomic mass is 10.1. The van der Waals surface area contributed by atoms with Gasteiger partial charge in [0.25, 0.3) is 0 Å². The van der Waals surface area contributed by atoms with Crippen LogP contribution in [0.1, 0.15) is 31.1 Å². The van der Waals surface area contributed by atoms with Crippen LogP contribution in [0.2, 0.25) is 0 Å². The molecule has 0 bridgehead atoms. The van der Waals surface area contributed by atoms with Gasteiger partial charge in [-0.25, -0.2) is 0 Å². The lowest BCUT2D eigenvalue weighted by Gasteiger charge is -2.12. The molecule has 3 aromatic rings. The quantitative estimate of drug-likeness (QED) is 0.479. The van der Waals surface area contributed by atoms with Gasteiger partial charge in [0.2, 0.25) is 5.91 Å². The molecular weight excluding hydrogens is 372 g/mol. The van der Waals surface area contributed by atoms with Crippen molar-refractivity contribution in [2.45, 2.75) is 31.2 Å². The number of carbonyl (C=O) groups is 2. The number of benzene rings is 2. The molecule has 3 rings (SSSR count). The molecule has 144 valence electrons. The topological polar surface area (TPSA) is 76.9 Å². The average molecular weight is 395 g/mol. The van der Waals surface area contributed by atoms with Crippen molar-refractivity contribution in [1.29, 1.82) is 0 Å². The van der Waals surface area contributed by atoms with Gasteiger partial charge < -0.3 is 5.32 Å². The predicted octanol–water partition coefficient (Wildman–Crippen LogP) is 4.23. The van der Waals surface area contributed by atoms with E-state index in [-0.39, 0.29) is 22.9 Å². The first-order valence-electron chi connectivity index (χ1n) is 9.03. The number of nitrogens with zero attached hydrogens (tertiary/aromatic N) is 3. The number of aromatic nitrogens is 3. The molecule has 0 spiro atoms. The van der Waals surface area contributed by atoms with Gasteiger partial charge in [-0.1, -0.05) is 43.8 Å². The number of ketones is 1. The standard InChI is InChI=1S/C21H22N4O2S/c1-14(2)20(27)23-17-11-9-16(10-12-17)19(26)15(3)28-21-24-22-13-25(21)18-7-5-4-6-8-18/h4-15H,1-3H3,(H,23,27)/t15-/m1/s1. The summed E-state index contributed by atoms with van der Waals surface area (Å²) in [5, 5.41) is 11.3. The summed E-state index contributed by atoms with van der Waals surface area (Å²) in [6.45, 7) is 5.52. The molecule has 1 aromatic heterocycles. The molecule has 0 fully saturated rings. The molecule has 28 heavy (non-hydrogen) atoms. The van der Waals surface area contributed by atoms with E-state index in [1.165, 1.54) is 11.8 Å². The molecular formula is C21H22N4O2S. The molecule has 6 nitrogen and oxygen atoms in total. The van der Waals surface area contributed by atoms with E-state index >= 15 is 0 Å². The highest BCUT2D eigenvalue weighted by Crippen LogP contribution is 2.26. The summed E-state index contributed by atoms with van der Waals surface area (Å²) in [5.74, 6) is -0.155. The van der Waals surface area contributed by atoms with Gasteiger partial charge in [0.15, 0.2) is 10.9 Å². The first-order chi connectivity index (χ1) is 13.5. The summed E-state index contributed by atoms with van der Waals surface area (Å²) in [6, 6.07) is 16.7. The van der Waals surface area contributed by atoms with E-state index in [9.17, 15) is 9.59 Å². The molecule has 0 radical (unpaired) electrons. The summed E-state index contributed by atoms with van der Waals surface area (Å²) in [7, 11) is 0. The second-order valence-electron chi connectivity index (χ2n) is 6.66. The fraction of sp³-hybridized carbons (Fsp3) is 0.238. The molecule has 0 aliphatic heterocycles. The third-order valence-electron chi connectivity index (χ3n) is 4.16. The summed E-state index contributed by atoms with van der Waals surface area (Å²) in [6.07, 6.45) is 1.64. The van der Waals surface area contributed by atoms with Gasteiger partial charge >= 0.3 is 0 Å². The zero-order valence-electron chi connectivity index (χ0n) is 16.0.